The van der Waals surface area contributed by atoms with Crippen molar-refractivity contribution in [2.45, 2.75) is 13.0 Å². The van der Waals surface area contributed by atoms with Gasteiger partial charge in [-0.25, -0.2) is 0 Å². The topological polar surface area (TPSA) is 33.3 Å². The van der Waals surface area contributed by atoms with Gasteiger partial charge < -0.3 is 15.4 Å². The summed E-state index contributed by atoms with van der Waals surface area (Å²) in [5.41, 5.74) is 2.13. The van der Waals surface area contributed by atoms with Crippen LogP contribution in [-0.4, -0.2) is 18.8 Å². The number of thiocarbonyl (C=S) groups is 1. The van der Waals surface area contributed by atoms with E-state index in [0.29, 0.717) is 28.2 Å². The first kappa shape index (κ1) is 19.3. The van der Waals surface area contributed by atoms with E-state index in [4.69, 9.17) is 40.2 Å². The molecule has 0 saturated carbocycles. The molecule has 2 aromatic rings. The molecule has 0 bridgehead atoms. The molecule has 0 radical (unpaired) electrons. The van der Waals surface area contributed by atoms with Gasteiger partial charge in [0.2, 0.25) is 0 Å². The number of halogens is 3. The van der Waals surface area contributed by atoms with Crippen molar-refractivity contribution in [3.8, 4) is 5.75 Å². The number of methoxy groups -OCH3 is 1. The Morgan fingerprint density at radius 1 is 1.12 bits per heavy atom. The Kier molecular flexibility index (Phi) is 7.62. The van der Waals surface area contributed by atoms with Crippen molar-refractivity contribution < 1.29 is 4.74 Å². The van der Waals surface area contributed by atoms with Gasteiger partial charge in [-0.05, 0) is 60.1 Å². The number of hydrogen-bond donors (Lipinski definition) is 2. The minimum absolute atomic E-state index is 0.539. The number of hydrogen-bond acceptors (Lipinski definition) is 2. The summed E-state index contributed by atoms with van der Waals surface area (Å²) in [5.74, 6) is 0.870. The zero-order valence-corrected chi connectivity index (χ0v) is 17.0. The first-order chi connectivity index (χ1) is 11.5. The van der Waals surface area contributed by atoms with Gasteiger partial charge in [-0.3, -0.25) is 0 Å². The Balaban J connectivity index is 1.79. The Hall–Kier alpha value is -1.01. The Labute approximate surface area is 165 Å². The van der Waals surface area contributed by atoms with Crippen molar-refractivity contribution in [1.29, 1.82) is 0 Å². The lowest BCUT2D eigenvalue weighted by molar-refractivity contribution is 0.409. The number of rotatable bonds is 6. The maximum Gasteiger partial charge on any atom is 0.166 e. The first-order valence-electron chi connectivity index (χ1n) is 7.27. The van der Waals surface area contributed by atoms with Crippen molar-refractivity contribution in [1.82, 2.24) is 10.6 Å². The SMILES string of the molecule is COc1ccc(Br)cc1CCNC(=S)NCc1ccc(Cl)c(Cl)c1. The van der Waals surface area contributed by atoms with Gasteiger partial charge in [0.1, 0.15) is 5.75 Å². The fourth-order valence-corrected chi connectivity index (χ4v) is 3.05. The Morgan fingerprint density at radius 3 is 2.62 bits per heavy atom. The summed E-state index contributed by atoms with van der Waals surface area (Å²) in [5, 5.41) is 8.02. The van der Waals surface area contributed by atoms with Crippen LogP contribution in [0.3, 0.4) is 0 Å². The summed E-state index contributed by atoms with van der Waals surface area (Å²) in [6.45, 7) is 1.29. The van der Waals surface area contributed by atoms with E-state index in [1.807, 2.05) is 30.3 Å². The zero-order chi connectivity index (χ0) is 17.5. The van der Waals surface area contributed by atoms with Crippen LogP contribution in [-0.2, 0) is 13.0 Å². The number of ether oxygens (including phenoxy) is 1. The Bertz CT molecular complexity index is 728. The molecule has 0 aromatic heterocycles. The quantitative estimate of drug-likeness (QED) is 0.612. The van der Waals surface area contributed by atoms with E-state index in [0.717, 1.165) is 27.8 Å². The molecule has 0 heterocycles. The highest BCUT2D eigenvalue weighted by molar-refractivity contribution is 9.10. The van der Waals surface area contributed by atoms with Gasteiger partial charge in [-0.2, -0.15) is 0 Å². The standard InChI is InChI=1S/C17H17BrCl2N2OS/c1-23-16-5-3-13(18)9-12(16)6-7-21-17(24)22-10-11-2-4-14(19)15(20)8-11/h2-5,8-9H,6-7,10H2,1H3,(H2,21,22,24). The largest absolute Gasteiger partial charge is 0.496 e. The third kappa shape index (κ3) is 5.81. The second-order valence-corrected chi connectivity index (χ2v) is 7.20. The van der Waals surface area contributed by atoms with E-state index in [-0.39, 0.29) is 0 Å². The van der Waals surface area contributed by atoms with Gasteiger partial charge in [0.15, 0.2) is 5.11 Å². The molecule has 0 atom stereocenters. The second-order valence-electron chi connectivity index (χ2n) is 5.06. The van der Waals surface area contributed by atoms with Crippen LogP contribution in [0.4, 0.5) is 0 Å². The van der Waals surface area contributed by atoms with Gasteiger partial charge in [0.25, 0.3) is 0 Å². The molecular formula is C17H17BrCl2N2OS. The maximum absolute atomic E-state index is 6.00. The smallest absolute Gasteiger partial charge is 0.166 e. The molecule has 0 aliphatic heterocycles. The minimum Gasteiger partial charge on any atom is -0.496 e. The molecule has 3 nitrogen and oxygen atoms in total. The summed E-state index contributed by atoms with van der Waals surface area (Å²) in [4.78, 5) is 0. The van der Waals surface area contributed by atoms with Crippen LogP contribution in [0.2, 0.25) is 10.0 Å². The van der Waals surface area contributed by atoms with Crippen LogP contribution >= 0.6 is 51.3 Å². The van der Waals surface area contributed by atoms with Crippen molar-refractivity contribution in [2.75, 3.05) is 13.7 Å². The highest BCUT2D eigenvalue weighted by Crippen LogP contribution is 2.23. The lowest BCUT2D eigenvalue weighted by Crippen LogP contribution is -2.35. The van der Waals surface area contributed by atoms with Gasteiger partial charge in [0.05, 0.1) is 17.2 Å². The summed E-state index contributed by atoms with van der Waals surface area (Å²) in [6.07, 6.45) is 0.803. The normalized spacial score (nSPS) is 10.3. The molecule has 128 valence electrons. The van der Waals surface area contributed by atoms with Gasteiger partial charge in [0, 0.05) is 17.6 Å². The zero-order valence-electron chi connectivity index (χ0n) is 13.0. The summed E-state index contributed by atoms with van der Waals surface area (Å²) in [6, 6.07) is 11.5. The molecule has 2 rings (SSSR count). The van der Waals surface area contributed by atoms with Crippen LogP contribution in [0.1, 0.15) is 11.1 Å². The first-order valence-corrected chi connectivity index (χ1v) is 9.23. The summed E-state index contributed by atoms with van der Waals surface area (Å²) < 4.78 is 6.39. The second kappa shape index (κ2) is 9.47. The monoisotopic (exact) mass is 446 g/mol. The molecule has 0 aliphatic rings. The fourth-order valence-electron chi connectivity index (χ4n) is 2.15. The minimum atomic E-state index is 0.539. The molecule has 0 spiro atoms. The van der Waals surface area contributed by atoms with Crippen molar-refractivity contribution in [3.63, 3.8) is 0 Å². The van der Waals surface area contributed by atoms with Crippen LogP contribution < -0.4 is 15.4 Å². The fraction of sp³-hybridized carbons (Fsp3) is 0.235. The van der Waals surface area contributed by atoms with E-state index in [9.17, 15) is 0 Å². The van der Waals surface area contributed by atoms with E-state index >= 15 is 0 Å². The molecule has 7 heteroatoms. The van der Waals surface area contributed by atoms with Crippen LogP contribution in [0.25, 0.3) is 0 Å². The molecule has 0 fully saturated rings. The Morgan fingerprint density at radius 2 is 1.92 bits per heavy atom. The third-order valence-electron chi connectivity index (χ3n) is 3.36. The van der Waals surface area contributed by atoms with Crippen LogP contribution in [0, 0.1) is 0 Å². The molecule has 2 N–H and O–H groups in total. The predicted molar refractivity (Wildman–Crippen MR) is 108 cm³/mol. The maximum atomic E-state index is 6.00. The van der Waals surface area contributed by atoms with Gasteiger partial charge >= 0.3 is 0 Å². The third-order valence-corrected chi connectivity index (χ3v) is 4.88. The lowest BCUT2D eigenvalue weighted by Gasteiger charge is -2.12. The van der Waals surface area contributed by atoms with Crippen LogP contribution in [0.15, 0.2) is 40.9 Å². The number of benzene rings is 2. The predicted octanol–water partition coefficient (Wildman–Crippen LogP) is 4.97. The summed E-state index contributed by atoms with van der Waals surface area (Å²) >= 11 is 20.7. The molecular weight excluding hydrogens is 431 g/mol. The van der Waals surface area contributed by atoms with Crippen molar-refractivity contribution in [3.05, 3.63) is 62.0 Å². The lowest BCUT2D eigenvalue weighted by atomic mass is 10.1. The van der Waals surface area contributed by atoms with E-state index in [1.54, 1.807) is 13.2 Å². The van der Waals surface area contributed by atoms with E-state index in [1.165, 1.54) is 0 Å². The molecule has 0 aliphatic carbocycles. The highest BCUT2D eigenvalue weighted by Gasteiger charge is 2.05. The van der Waals surface area contributed by atoms with Gasteiger partial charge in [-0.15, -0.1) is 0 Å². The summed E-state index contributed by atoms with van der Waals surface area (Å²) in [7, 11) is 1.67. The molecule has 0 amide bonds. The molecule has 2 aromatic carbocycles. The molecule has 0 saturated heterocycles. The molecule has 0 unspecified atom stereocenters. The number of nitrogens with one attached hydrogen (secondary N) is 2. The van der Waals surface area contributed by atoms with E-state index < -0.39 is 0 Å². The van der Waals surface area contributed by atoms with Gasteiger partial charge in [-0.1, -0.05) is 45.2 Å². The average Bonchev–Trinajstić information content (AvgIpc) is 2.56. The van der Waals surface area contributed by atoms with Crippen molar-refractivity contribution in [2.24, 2.45) is 0 Å². The van der Waals surface area contributed by atoms with Crippen molar-refractivity contribution >= 4 is 56.5 Å². The average molecular weight is 448 g/mol. The van der Waals surface area contributed by atoms with E-state index in [2.05, 4.69) is 26.6 Å². The van der Waals surface area contributed by atoms with Crippen LogP contribution in [0.5, 0.6) is 5.75 Å². The molecule has 24 heavy (non-hydrogen) atoms. The highest BCUT2D eigenvalue weighted by atomic mass is 79.9.